The summed E-state index contributed by atoms with van der Waals surface area (Å²) in [5.74, 6) is -2.64. The van der Waals surface area contributed by atoms with Gasteiger partial charge in [0.25, 0.3) is 0 Å². The van der Waals surface area contributed by atoms with Crippen LogP contribution in [0.2, 0.25) is 0 Å². The molecule has 139 heavy (non-hydrogen) atoms. The minimum Gasteiger partial charge on any atom is -0.327 e. The fourth-order valence-corrected chi connectivity index (χ4v) is 16.7. The van der Waals surface area contributed by atoms with Crippen molar-refractivity contribution < 1.29 is 48.3 Å². The Bertz CT molecular complexity index is 6050. The van der Waals surface area contributed by atoms with E-state index < -0.39 is 0 Å². The molecule has 0 aromatic heterocycles. The molecule has 2 aliphatic rings. The average Bonchev–Trinajstić information content (AvgIpc) is 0.767. The Morgan fingerprint density at radius 2 is 0.597 bits per heavy atom. The van der Waals surface area contributed by atoms with Gasteiger partial charge in [-0.3, -0.25) is 0 Å². The number of likely N-dealkylation sites (N-methyl/N-ethyl adjacent to an activating group) is 1. The maximum Gasteiger partial charge on any atom is 0.123 e. The second-order valence-electron chi connectivity index (χ2n) is 33.3. The van der Waals surface area contributed by atoms with Gasteiger partial charge in [-0.05, 0) is 343 Å². The standard InChI is InChI=1S/C23H23F2N.2C18H17F2N.C16H15F2N.C16H18FN.2C15H14FN/c1-26(17-18-7-3-2-4-8-18)14-13-23(19-9-5-11-21(24)15-19)20-10-6-12-22(25)16-20;19-16-7-1-4-13(10-16)18(15-6-3-9-21-12-15)14-5-2-8-17(20)11-14;19-16-5-1-3-14(11-16)18(13-7-9-21-10-8-13)15-4-2-6-17(20)12-15;1-19-9-8-16(12-4-2-6-14(17)10-12)13-5-3-7-15(18)11-13;1-18-11-10-16(13-6-3-2-4-7-13)14-8-5-9-15(17)12-14;2*16-14-8-4-7-13(11-14)15(9-10-17)12-5-2-1-3-6-12/h2-12,15-16,23H,13-14,17H2,1H3;1-2,4-5,7-8,10-11,21H,3,6,9,12H2;1-6,11-12,21H,7-10H2;2-8,10-11,19H,9H2,1H3;2-9,12,16,18H,10-11H2,1H3;2*1-9,11H,10,17H2/b;;;;;15-9+;15-9-. The summed E-state index contributed by atoms with van der Waals surface area (Å²) in [6, 6.07) is 112. The zero-order valence-electron chi connectivity index (χ0n) is 78.4. The lowest BCUT2D eigenvalue weighted by Gasteiger charge is -2.23. The van der Waals surface area contributed by atoms with E-state index in [9.17, 15) is 48.3 Å². The topological polar surface area (TPSA) is 103 Å². The molecule has 0 saturated carbocycles. The van der Waals surface area contributed by atoms with Crippen molar-refractivity contribution in [3.05, 3.63) is 565 Å². The van der Waals surface area contributed by atoms with E-state index in [4.69, 9.17) is 11.5 Å². The van der Waals surface area contributed by atoms with Gasteiger partial charge in [-0.25, -0.2) is 48.3 Å². The lowest BCUT2D eigenvalue weighted by atomic mass is 9.88. The third kappa shape index (κ3) is 34.6. The Morgan fingerprint density at radius 1 is 0.302 bits per heavy atom. The number of hydrogen-bond donors (Lipinski definition) is 6. The second kappa shape index (κ2) is 57.2. The van der Waals surface area contributed by atoms with Gasteiger partial charge in [0.05, 0.1) is 0 Å². The Labute approximate surface area is 811 Å². The van der Waals surface area contributed by atoms with Crippen LogP contribution in [0.1, 0.15) is 134 Å². The van der Waals surface area contributed by atoms with Gasteiger partial charge >= 0.3 is 0 Å². The van der Waals surface area contributed by atoms with Crippen LogP contribution in [0, 0.1) is 64.0 Å². The highest BCUT2D eigenvalue weighted by molar-refractivity contribution is 5.85. The first kappa shape index (κ1) is 105. The molecule has 2 saturated heterocycles. The summed E-state index contributed by atoms with van der Waals surface area (Å²) >= 11 is 0. The van der Waals surface area contributed by atoms with E-state index in [1.165, 1.54) is 138 Å². The van der Waals surface area contributed by atoms with E-state index in [0.29, 0.717) is 19.6 Å². The molecule has 8 N–H and O–H groups in total. The van der Waals surface area contributed by atoms with Gasteiger partial charge < -0.3 is 37.6 Å². The molecule has 0 spiro atoms. The minimum absolute atomic E-state index is 0.0420. The molecule has 1 atom stereocenters. The summed E-state index contributed by atoms with van der Waals surface area (Å²) in [5.41, 5.74) is 32.1. The normalized spacial score (nSPS) is 12.5. The third-order valence-corrected chi connectivity index (χ3v) is 23.1. The van der Waals surface area contributed by atoms with Crippen LogP contribution in [-0.4, -0.2) is 84.9 Å². The Morgan fingerprint density at radius 3 is 0.921 bits per heavy atom. The van der Waals surface area contributed by atoms with Crippen LogP contribution in [0.25, 0.3) is 27.9 Å². The molecule has 18 heteroatoms. The minimum atomic E-state index is -0.302. The van der Waals surface area contributed by atoms with E-state index in [0.717, 1.165) is 185 Å². The van der Waals surface area contributed by atoms with Crippen LogP contribution in [0.15, 0.2) is 418 Å². The van der Waals surface area contributed by atoms with Gasteiger partial charge in [-0.15, -0.1) is 0 Å². The van der Waals surface area contributed by atoms with Crippen LogP contribution >= 0.6 is 0 Å². The Kier molecular flexibility index (Phi) is 43.4. The zero-order valence-corrected chi connectivity index (χ0v) is 78.4. The van der Waals surface area contributed by atoms with Gasteiger partial charge in [0.2, 0.25) is 0 Å². The van der Waals surface area contributed by atoms with Crippen molar-refractivity contribution in [2.45, 2.75) is 56.9 Å². The van der Waals surface area contributed by atoms with Crippen LogP contribution in [-0.2, 0) is 6.54 Å². The molecule has 7 nitrogen and oxygen atoms in total. The second-order valence-corrected chi connectivity index (χ2v) is 33.3. The maximum atomic E-state index is 13.7. The van der Waals surface area contributed by atoms with Crippen molar-refractivity contribution in [1.82, 2.24) is 26.2 Å². The first-order valence-electron chi connectivity index (χ1n) is 46.6. The first-order valence-corrected chi connectivity index (χ1v) is 46.6. The Hall–Kier alpha value is -14.1. The molecule has 15 aromatic rings. The predicted molar refractivity (Wildman–Crippen MR) is 549 cm³/mol. The van der Waals surface area contributed by atoms with E-state index in [2.05, 4.69) is 57.5 Å². The van der Waals surface area contributed by atoms with E-state index in [-0.39, 0.29) is 75.8 Å². The predicted octanol–water partition coefficient (Wildman–Crippen LogP) is 27.5. The molecular weight excluding hydrogens is 1760 g/mol. The fourth-order valence-electron chi connectivity index (χ4n) is 16.7. The first-order chi connectivity index (χ1) is 67.7. The van der Waals surface area contributed by atoms with Gasteiger partial charge in [-0.2, -0.15) is 0 Å². The largest absolute Gasteiger partial charge is 0.327 e. The number of nitrogens with one attached hydrogen (secondary N) is 4. The summed E-state index contributed by atoms with van der Waals surface area (Å²) in [6.07, 6.45) is 11.3. The summed E-state index contributed by atoms with van der Waals surface area (Å²) in [7, 11) is 5.83. The molecule has 15 aromatic carbocycles. The highest BCUT2D eigenvalue weighted by Crippen LogP contribution is 2.37. The number of nitrogens with two attached hydrogens (primary N) is 2. The fraction of sp³-hybridized carbons (Fsp3) is 0.174. The van der Waals surface area contributed by atoms with Crippen molar-refractivity contribution in [1.29, 1.82) is 0 Å². The molecule has 2 fully saturated rings. The molecule has 0 amide bonds. The maximum absolute atomic E-state index is 13.7. The molecular formula is C121H118F11N7. The lowest BCUT2D eigenvalue weighted by molar-refractivity contribution is 0.316. The molecule has 0 aliphatic carbocycles. The molecule has 17 rings (SSSR count). The highest BCUT2D eigenvalue weighted by Gasteiger charge is 2.22. The van der Waals surface area contributed by atoms with Crippen molar-refractivity contribution >= 4 is 27.9 Å². The van der Waals surface area contributed by atoms with Gasteiger partial charge in [0.15, 0.2) is 0 Å². The van der Waals surface area contributed by atoms with E-state index in [1.54, 1.807) is 84.9 Å². The quantitative estimate of drug-likeness (QED) is 0.0300. The molecule has 714 valence electrons. The Balaban J connectivity index is 0.000000156. The molecule has 1 unspecified atom stereocenters. The van der Waals surface area contributed by atoms with Gasteiger partial charge in [0.1, 0.15) is 64.0 Å². The summed E-state index contributed by atoms with van der Waals surface area (Å²) in [5, 5.41) is 12.8. The number of piperidine rings is 2. The molecule has 0 radical (unpaired) electrons. The lowest BCUT2D eigenvalue weighted by Crippen LogP contribution is -2.24. The number of benzene rings is 15. The van der Waals surface area contributed by atoms with Gasteiger partial charge in [0, 0.05) is 44.6 Å². The van der Waals surface area contributed by atoms with Crippen molar-refractivity contribution in [2.24, 2.45) is 11.5 Å². The van der Waals surface area contributed by atoms with Crippen molar-refractivity contribution in [3.8, 4) is 0 Å². The highest BCUT2D eigenvalue weighted by atomic mass is 19.2. The van der Waals surface area contributed by atoms with Crippen LogP contribution < -0.4 is 32.7 Å². The van der Waals surface area contributed by atoms with Crippen molar-refractivity contribution in [2.75, 3.05) is 80.0 Å². The zero-order chi connectivity index (χ0) is 98.3. The molecule has 0 bridgehead atoms. The van der Waals surface area contributed by atoms with E-state index >= 15 is 0 Å². The SMILES string of the molecule is CN(CCC(c1cccc(F)c1)c1cccc(F)c1)Cc1ccccc1.CNCC=C(c1cccc(F)c1)c1cccc(F)c1.CNCCC(c1ccccc1)c1cccc(F)c1.Fc1cccc(C(=C2CCCNC2)c2cccc(F)c2)c1.Fc1cccc(C(=C2CCNCC2)c2cccc(F)c2)c1.NC/C=C(/c1ccccc1)c1cccc(F)c1.NC/C=C(\c1ccccc1)c1cccc(F)c1. The van der Waals surface area contributed by atoms with Gasteiger partial charge in [-0.1, -0.05) is 279 Å². The van der Waals surface area contributed by atoms with Crippen LogP contribution in [0.5, 0.6) is 0 Å². The summed E-state index contributed by atoms with van der Waals surface area (Å²) < 4.78 is 148. The number of nitrogens with zero attached hydrogens (tertiary/aromatic N) is 1. The monoisotopic (exact) mass is 1880 g/mol. The third-order valence-electron chi connectivity index (χ3n) is 23.1. The van der Waals surface area contributed by atoms with Crippen molar-refractivity contribution in [3.63, 3.8) is 0 Å². The molecule has 2 heterocycles. The molecule has 2 aliphatic heterocycles. The summed E-state index contributed by atoms with van der Waals surface area (Å²) in [6.45, 7) is 7.64. The smallest absolute Gasteiger partial charge is 0.123 e. The van der Waals surface area contributed by atoms with Crippen LogP contribution in [0.4, 0.5) is 48.3 Å². The number of rotatable bonds is 26. The average molecular weight is 1880 g/mol. The van der Waals surface area contributed by atoms with Crippen LogP contribution in [0.3, 0.4) is 0 Å². The van der Waals surface area contributed by atoms with E-state index in [1.807, 2.05) is 196 Å². The summed E-state index contributed by atoms with van der Waals surface area (Å²) in [4.78, 5) is 2.24. The number of hydrogen-bond acceptors (Lipinski definition) is 7. The number of halogens is 11.